The number of hydrogen-bond donors (Lipinski definition) is 1. The Balaban J connectivity index is 1.95. The van der Waals surface area contributed by atoms with E-state index in [1.807, 2.05) is 19.1 Å². The Bertz CT molecular complexity index is 741. The summed E-state index contributed by atoms with van der Waals surface area (Å²) in [6.45, 7) is 8.17. The van der Waals surface area contributed by atoms with Crippen LogP contribution >= 0.6 is 0 Å². The summed E-state index contributed by atoms with van der Waals surface area (Å²) in [5, 5.41) is 9.30. The molecule has 126 valence electrons. The molecular weight excluding hydrogens is 300 g/mol. The van der Waals surface area contributed by atoms with Gasteiger partial charge in [-0.1, -0.05) is 18.2 Å². The minimum atomic E-state index is -0.916. The van der Waals surface area contributed by atoms with Crippen LogP contribution in [0.3, 0.4) is 0 Å². The summed E-state index contributed by atoms with van der Waals surface area (Å²) in [5.41, 5.74) is 4.79. The van der Waals surface area contributed by atoms with Crippen molar-refractivity contribution in [2.45, 2.75) is 39.7 Å². The van der Waals surface area contributed by atoms with Gasteiger partial charge in [-0.15, -0.1) is 0 Å². The van der Waals surface area contributed by atoms with Crippen LogP contribution in [0.25, 0.3) is 11.3 Å². The van der Waals surface area contributed by atoms with Gasteiger partial charge in [0.05, 0.1) is 17.0 Å². The number of pyridine rings is 1. The quantitative estimate of drug-likeness (QED) is 0.915. The van der Waals surface area contributed by atoms with E-state index in [0.717, 1.165) is 29.9 Å². The van der Waals surface area contributed by atoms with Gasteiger partial charge in [0.15, 0.2) is 0 Å². The van der Waals surface area contributed by atoms with Crippen LogP contribution in [-0.4, -0.2) is 34.0 Å². The van der Waals surface area contributed by atoms with E-state index in [1.165, 1.54) is 18.4 Å². The molecular formula is C20H24N2O2. The first-order valence-corrected chi connectivity index (χ1v) is 8.53. The van der Waals surface area contributed by atoms with Gasteiger partial charge in [0.1, 0.15) is 0 Å². The molecule has 2 aromatic rings. The van der Waals surface area contributed by atoms with Crippen LogP contribution in [0.5, 0.6) is 0 Å². The van der Waals surface area contributed by atoms with Gasteiger partial charge in [-0.25, -0.2) is 4.79 Å². The first kappa shape index (κ1) is 16.7. The maximum absolute atomic E-state index is 11.3. The minimum Gasteiger partial charge on any atom is -0.478 e. The van der Waals surface area contributed by atoms with Gasteiger partial charge >= 0.3 is 5.97 Å². The molecule has 3 rings (SSSR count). The van der Waals surface area contributed by atoms with Gasteiger partial charge in [-0.2, -0.15) is 0 Å². The number of likely N-dealkylation sites (tertiary alicyclic amines) is 1. The van der Waals surface area contributed by atoms with Crippen molar-refractivity contribution in [1.82, 2.24) is 9.88 Å². The molecule has 1 aliphatic heterocycles. The molecule has 24 heavy (non-hydrogen) atoms. The Morgan fingerprint density at radius 1 is 1.21 bits per heavy atom. The zero-order valence-electron chi connectivity index (χ0n) is 14.5. The molecule has 1 aliphatic rings. The third-order valence-corrected chi connectivity index (χ3v) is 4.96. The number of aryl methyl sites for hydroxylation is 2. The van der Waals surface area contributed by atoms with Crippen LogP contribution in [0.4, 0.5) is 0 Å². The van der Waals surface area contributed by atoms with Crippen molar-refractivity contribution in [2.75, 3.05) is 13.1 Å². The van der Waals surface area contributed by atoms with Gasteiger partial charge in [0.25, 0.3) is 0 Å². The number of rotatable bonds is 4. The highest BCUT2D eigenvalue weighted by Crippen LogP contribution is 2.29. The molecule has 4 heteroatoms. The Hall–Kier alpha value is -2.20. The fourth-order valence-electron chi connectivity index (χ4n) is 3.60. The second kappa shape index (κ2) is 6.73. The highest BCUT2D eigenvalue weighted by atomic mass is 16.4. The molecule has 1 aromatic heterocycles. The van der Waals surface area contributed by atoms with E-state index in [9.17, 15) is 9.90 Å². The molecule has 1 N–H and O–H groups in total. The highest BCUT2D eigenvalue weighted by molar-refractivity contribution is 5.91. The van der Waals surface area contributed by atoms with Crippen molar-refractivity contribution in [3.8, 4) is 11.3 Å². The van der Waals surface area contributed by atoms with Gasteiger partial charge in [0, 0.05) is 11.6 Å². The number of benzene rings is 1. The maximum atomic E-state index is 11.3. The summed E-state index contributed by atoms with van der Waals surface area (Å²) in [7, 11) is 0. The number of nitrogens with zero attached hydrogens (tertiary/aromatic N) is 2. The average Bonchev–Trinajstić information content (AvgIpc) is 3.07. The molecule has 1 fully saturated rings. The lowest BCUT2D eigenvalue weighted by Crippen LogP contribution is -2.23. The second-order valence-corrected chi connectivity index (χ2v) is 6.63. The first-order chi connectivity index (χ1) is 11.5. The Morgan fingerprint density at radius 3 is 2.54 bits per heavy atom. The molecule has 0 unspecified atom stereocenters. The number of carbonyl (C=O) groups is 1. The minimum absolute atomic E-state index is 0.306. The lowest BCUT2D eigenvalue weighted by molar-refractivity contribution is 0.0695. The molecule has 0 radical (unpaired) electrons. The third-order valence-electron chi connectivity index (χ3n) is 4.96. The standard InChI is InChI=1S/C20H24N2O2/c1-13-11-18(21-14(2)19(13)20(23)24)17-8-6-7-16(12-17)15(3)22-9-4-5-10-22/h6-8,11-12,15H,4-5,9-10H2,1-3H3,(H,23,24)/t15-/m0/s1. The average molecular weight is 324 g/mol. The van der Waals surface area contributed by atoms with Crippen LogP contribution in [-0.2, 0) is 0 Å². The van der Waals surface area contributed by atoms with Crippen molar-refractivity contribution in [2.24, 2.45) is 0 Å². The van der Waals surface area contributed by atoms with Crippen molar-refractivity contribution >= 4 is 5.97 Å². The maximum Gasteiger partial charge on any atom is 0.337 e. The van der Waals surface area contributed by atoms with Gasteiger partial charge in [-0.3, -0.25) is 9.88 Å². The highest BCUT2D eigenvalue weighted by Gasteiger charge is 2.20. The monoisotopic (exact) mass is 324 g/mol. The molecule has 1 saturated heterocycles. The number of hydrogen-bond acceptors (Lipinski definition) is 3. The fraction of sp³-hybridized carbons (Fsp3) is 0.400. The molecule has 1 aromatic carbocycles. The predicted octanol–water partition coefficient (Wildman–Crippen LogP) is 4.22. The molecule has 0 amide bonds. The lowest BCUT2D eigenvalue weighted by atomic mass is 9.99. The Kier molecular flexibility index (Phi) is 4.67. The Labute approximate surface area is 143 Å². The van der Waals surface area contributed by atoms with Gasteiger partial charge < -0.3 is 5.11 Å². The zero-order chi connectivity index (χ0) is 17.3. The van der Waals surface area contributed by atoms with Crippen LogP contribution in [0, 0.1) is 13.8 Å². The van der Waals surface area contributed by atoms with Gasteiger partial charge in [-0.05, 0) is 70.0 Å². The fourth-order valence-corrected chi connectivity index (χ4v) is 3.60. The van der Waals surface area contributed by atoms with Crippen LogP contribution in [0.1, 0.15) is 53.0 Å². The SMILES string of the molecule is Cc1cc(-c2cccc([C@H](C)N3CCCC3)c2)nc(C)c1C(=O)O. The van der Waals surface area contributed by atoms with Crippen molar-refractivity contribution < 1.29 is 9.90 Å². The van der Waals surface area contributed by atoms with Crippen LogP contribution < -0.4 is 0 Å². The molecule has 0 aliphatic carbocycles. The van der Waals surface area contributed by atoms with E-state index >= 15 is 0 Å². The van der Waals surface area contributed by atoms with Crippen LogP contribution in [0.2, 0.25) is 0 Å². The second-order valence-electron chi connectivity index (χ2n) is 6.63. The molecule has 0 spiro atoms. The number of aromatic carboxylic acids is 1. The van der Waals surface area contributed by atoms with E-state index in [4.69, 9.17) is 0 Å². The number of aromatic nitrogens is 1. The summed E-state index contributed by atoms with van der Waals surface area (Å²) in [4.78, 5) is 18.4. The van der Waals surface area contributed by atoms with Crippen molar-refractivity contribution in [1.29, 1.82) is 0 Å². The third kappa shape index (κ3) is 3.20. The normalized spacial score (nSPS) is 16.3. The molecule has 2 heterocycles. The first-order valence-electron chi connectivity index (χ1n) is 8.53. The van der Waals surface area contributed by atoms with Crippen molar-refractivity contribution in [3.63, 3.8) is 0 Å². The Morgan fingerprint density at radius 2 is 1.92 bits per heavy atom. The van der Waals surface area contributed by atoms with E-state index < -0.39 is 5.97 Å². The van der Waals surface area contributed by atoms with Crippen molar-refractivity contribution in [3.05, 3.63) is 52.7 Å². The number of carboxylic acids is 1. The predicted molar refractivity (Wildman–Crippen MR) is 95.3 cm³/mol. The number of carboxylic acid groups (broad SMARTS) is 1. The van der Waals surface area contributed by atoms with Crippen LogP contribution in [0.15, 0.2) is 30.3 Å². The molecule has 0 saturated carbocycles. The topological polar surface area (TPSA) is 53.4 Å². The summed E-state index contributed by atoms with van der Waals surface area (Å²) in [6, 6.07) is 10.7. The van der Waals surface area contributed by atoms with Gasteiger partial charge in [0.2, 0.25) is 0 Å². The smallest absolute Gasteiger partial charge is 0.337 e. The molecule has 1 atom stereocenters. The van der Waals surface area contributed by atoms with E-state index in [1.54, 1.807) is 6.92 Å². The van der Waals surface area contributed by atoms with E-state index in [-0.39, 0.29) is 0 Å². The summed E-state index contributed by atoms with van der Waals surface area (Å²) in [5.74, 6) is -0.916. The largest absolute Gasteiger partial charge is 0.478 e. The summed E-state index contributed by atoms with van der Waals surface area (Å²) in [6.07, 6.45) is 2.56. The molecule has 0 bridgehead atoms. The van der Waals surface area contributed by atoms with E-state index in [0.29, 0.717) is 17.3 Å². The summed E-state index contributed by atoms with van der Waals surface area (Å²) < 4.78 is 0. The summed E-state index contributed by atoms with van der Waals surface area (Å²) >= 11 is 0. The van der Waals surface area contributed by atoms with E-state index in [2.05, 4.69) is 35.0 Å². The molecule has 4 nitrogen and oxygen atoms in total. The lowest BCUT2D eigenvalue weighted by Gasteiger charge is -2.24. The zero-order valence-corrected chi connectivity index (χ0v) is 14.5.